The van der Waals surface area contributed by atoms with Gasteiger partial charge in [-0.3, -0.25) is 14.9 Å². The molecule has 6 nitrogen and oxygen atoms in total. The largest absolute Gasteiger partial charge is 0.464 e. The predicted molar refractivity (Wildman–Crippen MR) is 92.3 cm³/mol. The average molecular weight is 339 g/mol. The first-order chi connectivity index (χ1) is 12.0. The van der Waals surface area contributed by atoms with Crippen LogP contribution in [0.15, 0.2) is 47.1 Å². The zero-order chi connectivity index (χ0) is 18.0. The van der Waals surface area contributed by atoms with Crippen molar-refractivity contribution in [3.8, 4) is 0 Å². The zero-order valence-electron chi connectivity index (χ0n) is 13.9. The van der Waals surface area contributed by atoms with Crippen LogP contribution in [0.4, 0.5) is 5.69 Å². The molecule has 0 fully saturated rings. The number of furan rings is 1. The number of nitro benzene ring substituents is 1. The number of carbonyl (C=O) groups excluding carboxylic acids is 1. The predicted octanol–water partition coefficient (Wildman–Crippen LogP) is 4.24. The molecule has 0 aliphatic carbocycles. The molecule has 0 radical (unpaired) electrons. The standard InChI is InChI=1S/C19H17NO5/c1-12-6-7-17-15(11-25-19(17)13(12)2)9-18(21)24-10-14-4-3-5-16(8-14)20(22)23/h3-8,11H,9-10H2,1-2H3. The van der Waals surface area contributed by atoms with Crippen molar-refractivity contribution in [3.63, 3.8) is 0 Å². The Morgan fingerprint density at radius 2 is 2.04 bits per heavy atom. The Morgan fingerprint density at radius 1 is 1.24 bits per heavy atom. The maximum Gasteiger partial charge on any atom is 0.310 e. The van der Waals surface area contributed by atoms with Crippen molar-refractivity contribution in [2.24, 2.45) is 0 Å². The summed E-state index contributed by atoms with van der Waals surface area (Å²) in [6.45, 7) is 3.98. The number of hydrogen-bond donors (Lipinski definition) is 0. The van der Waals surface area contributed by atoms with E-state index >= 15 is 0 Å². The van der Waals surface area contributed by atoms with Gasteiger partial charge in [-0.2, -0.15) is 0 Å². The molecule has 1 heterocycles. The lowest BCUT2D eigenvalue weighted by molar-refractivity contribution is -0.384. The normalized spacial score (nSPS) is 10.8. The molecule has 3 aromatic rings. The molecule has 0 N–H and O–H groups in total. The number of fused-ring (bicyclic) bond motifs is 1. The van der Waals surface area contributed by atoms with Crippen molar-refractivity contribution in [2.75, 3.05) is 0 Å². The summed E-state index contributed by atoms with van der Waals surface area (Å²) in [5.74, 6) is -0.410. The minimum Gasteiger partial charge on any atom is -0.464 e. The molecule has 0 aliphatic heterocycles. The van der Waals surface area contributed by atoms with Gasteiger partial charge in [-0.05, 0) is 30.5 Å². The molecule has 0 aliphatic rings. The number of benzene rings is 2. The molecule has 0 bridgehead atoms. The van der Waals surface area contributed by atoms with E-state index in [-0.39, 0.29) is 18.7 Å². The molecular weight excluding hydrogens is 322 g/mol. The highest BCUT2D eigenvalue weighted by Crippen LogP contribution is 2.27. The van der Waals surface area contributed by atoms with Gasteiger partial charge in [-0.15, -0.1) is 0 Å². The highest BCUT2D eigenvalue weighted by atomic mass is 16.6. The van der Waals surface area contributed by atoms with E-state index in [0.717, 1.165) is 27.7 Å². The van der Waals surface area contributed by atoms with E-state index in [1.807, 2.05) is 26.0 Å². The number of carbonyl (C=O) groups is 1. The van der Waals surface area contributed by atoms with Gasteiger partial charge in [0.25, 0.3) is 5.69 Å². The summed E-state index contributed by atoms with van der Waals surface area (Å²) in [5.41, 5.74) is 4.27. The van der Waals surface area contributed by atoms with Gasteiger partial charge in [-0.25, -0.2) is 0 Å². The molecule has 25 heavy (non-hydrogen) atoms. The summed E-state index contributed by atoms with van der Waals surface area (Å²) in [5, 5.41) is 11.7. The smallest absolute Gasteiger partial charge is 0.310 e. The van der Waals surface area contributed by atoms with Crippen LogP contribution >= 0.6 is 0 Å². The van der Waals surface area contributed by atoms with E-state index in [0.29, 0.717) is 5.56 Å². The number of ether oxygens (including phenoxy) is 1. The van der Waals surface area contributed by atoms with Gasteiger partial charge in [0.15, 0.2) is 0 Å². The van der Waals surface area contributed by atoms with Crippen molar-refractivity contribution >= 4 is 22.6 Å². The van der Waals surface area contributed by atoms with E-state index in [1.54, 1.807) is 18.4 Å². The van der Waals surface area contributed by atoms with Gasteiger partial charge in [0.05, 0.1) is 17.6 Å². The Labute approximate surface area is 144 Å². The molecule has 0 spiro atoms. The number of hydrogen-bond acceptors (Lipinski definition) is 5. The van der Waals surface area contributed by atoms with Gasteiger partial charge in [0, 0.05) is 23.1 Å². The van der Waals surface area contributed by atoms with Gasteiger partial charge in [0.1, 0.15) is 12.2 Å². The molecule has 0 unspecified atom stereocenters. The maximum absolute atomic E-state index is 12.1. The van der Waals surface area contributed by atoms with Gasteiger partial charge in [-0.1, -0.05) is 24.3 Å². The Morgan fingerprint density at radius 3 is 2.80 bits per heavy atom. The molecule has 1 aromatic heterocycles. The quantitative estimate of drug-likeness (QED) is 0.394. The first kappa shape index (κ1) is 16.7. The molecule has 0 amide bonds. The zero-order valence-corrected chi connectivity index (χ0v) is 13.9. The third-order valence-corrected chi connectivity index (χ3v) is 4.20. The summed E-state index contributed by atoms with van der Waals surface area (Å²) < 4.78 is 10.8. The molecule has 6 heteroatoms. The number of nitro groups is 1. The highest BCUT2D eigenvalue weighted by molar-refractivity contribution is 5.88. The average Bonchev–Trinajstić information content (AvgIpc) is 3.00. The van der Waals surface area contributed by atoms with Crippen LogP contribution in [0.3, 0.4) is 0 Å². The number of aryl methyl sites for hydroxylation is 2. The lowest BCUT2D eigenvalue weighted by atomic mass is 10.0. The summed E-state index contributed by atoms with van der Waals surface area (Å²) in [4.78, 5) is 22.4. The first-order valence-electron chi connectivity index (χ1n) is 7.81. The van der Waals surface area contributed by atoms with E-state index in [2.05, 4.69) is 0 Å². The van der Waals surface area contributed by atoms with E-state index in [9.17, 15) is 14.9 Å². The topological polar surface area (TPSA) is 82.6 Å². The second-order valence-electron chi connectivity index (χ2n) is 5.91. The lowest BCUT2D eigenvalue weighted by Gasteiger charge is -2.05. The third-order valence-electron chi connectivity index (χ3n) is 4.20. The Balaban J connectivity index is 1.68. The summed E-state index contributed by atoms with van der Waals surface area (Å²) in [7, 11) is 0. The fourth-order valence-electron chi connectivity index (χ4n) is 2.66. The lowest BCUT2D eigenvalue weighted by Crippen LogP contribution is -2.07. The fraction of sp³-hybridized carbons (Fsp3) is 0.211. The monoisotopic (exact) mass is 339 g/mol. The van der Waals surface area contributed by atoms with Crippen LogP contribution in [-0.4, -0.2) is 10.9 Å². The maximum atomic E-state index is 12.1. The van der Waals surface area contributed by atoms with Crippen molar-refractivity contribution in [2.45, 2.75) is 26.9 Å². The van der Waals surface area contributed by atoms with Gasteiger partial charge in [0.2, 0.25) is 0 Å². The van der Waals surface area contributed by atoms with Crippen molar-refractivity contribution < 1.29 is 18.9 Å². The van der Waals surface area contributed by atoms with Crippen molar-refractivity contribution in [1.82, 2.24) is 0 Å². The number of esters is 1. The minimum atomic E-state index is -0.479. The molecule has 0 atom stereocenters. The molecular formula is C19H17NO5. The van der Waals surface area contributed by atoms with E-state index in [4.69, 9.17) is 9.15 Å². The number of nitrogens with zero attached hydrogens (tertiary/aromatic N) is 1. The van der Waals surface area contributed by atoms with Crippen LogP contribution in [0.2, 0.25) is 0 Å². The Hall–Kier alpha value is -3.15. The van der Waals surface area contributed by atoms with E-state index < -0.39 is 10.9 Å². The summed E-state index contributed by atoms with van der Waals surface area (Å²) in [6, 6.07) is 9.96. The van der Waals surface area contributed by atoms with Crippen LogP contribution in [0.5, 0.6) is 0 Å². The second-order valence-corrected chi connectivity index (χ2v) is 5.91. The molecule has 128 valence electrons. The van der Waals surface area contributed by atoms with Crippen molar-refractivity contribution in [1.29, 1.82) is 0 Å². The number of non-ortho nitro benzene ring substituents is 1. The molecule has 0 saturated heterocycles. The van der Waals surface area contributed by atoms with Gasteiger partial charge >= 0.3 is 5.97 Å². The summed E-state index contributed by atoms with van der Waals surface area (Å²) in [6.07, 6.45) is 1.66. The third kappa shape index (κ3) is 3.52. The van der Waals surface area contributed by atoms with Crippen molar-refractivity contribution in [3.05, 3.63) is 75.0 Å². The second kappa shape index (κ2) is 6.76. The van der Waals surface area contributed by atoms with Crippen LogP contribution in [0.25, 0.3) is 11.0 Å². The SMILES string of the molecule is Cc1ccc2c(CC(=O)OCc3cccc([N+](=O)[O-])c3)coc2c1C. The fourth-order valence-corrected chi connectivity index (χ4v) is 2.66. The van der Waals surface area contributed by atoms with Crippen LogP contribution in [-0.2, 0) is 22.6 Å². The minimum absolute atomic E-state index is 0.00552. The molecule has 3 rings (SSSR count). The first-order valence-corrected chi connectivity index (χ1v) is 7.81. The highest BCUT2D eigenvalue weighted by Gasteiger charge is 2.14. The summed E-state index contributed by atoms with van der Waals surface area (Å²) >= 11 is 0. The van der Waals surface area contributed by atoms with Gasteiger partial charge < -0.3 is 9.15 Å². The van der Waals surface area contributed by atoms with Crippen LogP contribution in [0.1, 0.15) is 22.3 Å². The molecule has 2 aromatic carbocycles. The Kier molecular flexibility index (Phi) is 4.52. The number of rotatable bonds is 5. The van der Waals surface area contributed by atoms with E-state index in [1.165, 1.54) is 12.1 Å². The van der Waals surface area contributed by atoms with Crippen LogP contribution in [0, 0.1) is 24.0 Å². The molecule has 0 saturated carbocycles. The Bertz CT molecular complexity index is 958. The van der Waals surface area contributed by atoms with Crippen LogP contribution < -0.4 is 0 Å².